The first-order valence-electron chi connectivity index (χ1n) is 10.8. The van der Waals surface area contributed by atoms with Crippen LogP contribution in [0.2, 0.25) is 0 Å². The molecule has 32 heavy (non-hydrogen) atoms. The first-order valence-corrected chi connectivity index (χ1v) is 10.8. The molecule has 8 heteroatoms. The van der Waals surface area contributed by atoms with E-state index in [-0.39, 0.29) is 17.7 Å². The molecule has 2 amide bonds. The van der Waals surface area contributed by atoms with Crippen LogP contribution >= 0.6 is 0 Å². The zero-order valence-electron chi connectivity index (χ0n) is 18.9. The van der Waals surface area contributed by atoms with E-state index in [1.165, 1.54) is 0 Å². The molecule has 2 aromatic rings. The number of hydrogen-bond acceptors (Lipinski definition) is 6. The van der Waals surface area contributed by atoms with Gasteiger partial charge < -0.3 is 15.1 Å². The summed E-state index contributed by atoms with van der Waals surface area (Å²) in [5.41, 5.74) is -0.0120. The van der Waals surface area contributed by atoms with E-state index in [0.29, 0.717) is 24.6 Å². The van der Waals surface area contributed by atoms with Crippen molar-refractivity contribution in [2.24, 2.45) is 11.3 Å². The number of nitrogens with one attached hydrogen (secondary N) is 1. The van der Waals surface area contributed by atoms with E-state index < -0.39 is 10.8 Å². The number of carbonyl (C=O) groups excluding carboxylic acids is 2. The predicted molar refractivity (Wildman–Crippen MR) is 121 cm³/mol. The molecule has 4 rings (SSSR count). The van der Waals surface area contributed by atoms with Crippen LogP contribution < -0.4 is 10.2 Å². The summed E-state index contributed by atoms with van der Waals surface area (Å²) in [6.07, 6.45) is 5.81. The van der Waals surface area contributed by atoms with Crippen molar-refractivity contribution in [2.45, 2.75) is 38.5 Å². The Morgan fingerprint density at radius 1 is 1.25 bits per heavy atom. The Morgan fingerprint density at radius 2 is 2.00 bits per heavy atom. The molecule has 0 unspecified atom stereocenters. The van der Waals surface area contributed by atoms with E-state index in [9.17, 15) is 14.9 Å². The Kier molecular flexibility index (Phi) is 5.37. The van der Waals surface area contributed by atoms with E-state index in [2.05, 4.69) is 21.4 Å². The van der Waals surface area contributed by atoms with Gasteiger partial charge in [0.05, 0.1) is 11.5 Å². The summed E-state index contributed by atoms with van der Waals surface area (Å²) >= 11 is 0. The van der Waals surface area contributed by atoms with Crippen LogP contribution in [0.25, 0.3) is 0 Å². The average Bonchev–Trinajstić information content (AvgIpc) is 3.57. The Morgan fingerprint density at radius 3 is 2.59 bits per heavy atom. The molecule has 3 heterocycles. The van der Waals surface area contributed by atoms with Crippen molar-refractivity contribution in [1.29, 1.82) is 5.26 Å². The van der Waals surface area contributed by atoms with Crippen LogP contribution in [0.4, 0.5) is 17.3 Å². The predicted octanol–water partition coefficient (Wildman–Crippen LogP) is 3.24. The molecule has 1 aliphatic heterocycles. The van der Waals surface area contributed by atoms with Crippen molar-refractivity contribution in [3.63, 3.8) is 0 Å². The first-order chi connectivity index (χ1) is 15.2. The van der Waals surface area contributed by atoms with E-state index in [1.54, 1.807) is 48.4 Å². The summed E-state index contributed by atoms with van der Waals surface area (Å²) in [6.45, 7) is 4.29. The lowest BCUT2D eigenvalue weighted by Gasteiger charge is -2.27. The fourth-order valence-corrected chi connectivity index (χ4v) is 4.44. The van der Waals surface area contributed by atoms with Crippen LogP contribution in [0.15, 0.2) is 36.7 Å². The summed E-state index contributed by atoms with van der Waals surface area (Å²) in [5, 5.41) is 12.9. The second-order valence-electron chi connectivity index (χ2n) is 9.35. The van der Waals surface area contributed by atoms with Crippen molar-refractivity contribution in [1.82, 2.24) is 14.9 Å². The Bertz CT molecular complexity index is 1080. The molecule has 8 nitrogen and oxygen atoms in total. The lowest BCUT2D eigenvalue weighted by Crippen LogP contribution is -2.39. The number of aromatic nitrogens is 2. The number of likely N-dealkylation sites (N-methyl/N-ethyl adjacent to an activating group) is 1. The maximum absolute atomic E-state index is 13.1. The number of anilines is 3. The van der Waals surface area contributed by atoms with Gasteiger partial charge in [-0.1, -0.05) is 6.07 Å². The number of rotatable bonds is 6. The fraction of sp³-hybridized carbons (Fsp3) is 0.458. The molecular weight excluding hydrogens is 404 g/mol. The summed E-state index contributed by atoms with van der Waals surface area (Å²) < 4.78 is 0. The maximum atomic E-state index is 13.1. The van der Waals surface area contributed by atoms with Gasteiger partial charge in [0.15, 0.2) is 0 Å². The van der Waals surface area contributed by atoms with E-state index in [4.69, 9.17) is 0 Å². The third kappa shape index (κ3) is 3.68. The van der Waals surface area contributed by atoms with Gasteiger partial charge in [-0.25, -0.2) is 9.97 Å². The van der Waals surface area contributed by atoms with Crippen LogP contribution in [-0.4, -0.2) is 47.3 Å². The average molecular weight is 433 g/mol. The quantitative estimate of drug-likeness (QED) is 0.752. The lowest BCUT2D eigenvalue weighted by atomic mass is 9.83. The highest BCUT2D eigenvalue weighted by atomic mass is 16.2. The minimum absolute atomic E-state index is 0.00398. The number of nitriles is 1. The van der Waals surface area contributed by atoms with Crippen molar-refractivity contribution in [3.05, 3.63) is 42.2 Å². The third-order valence-corrected chi connectivity index (χ3v) is 6.57. The fourth-order valence-electron chi connectivity index (χ4n) is 4.44. The number of carbonyl (C=O) groups is 2. The molecule has 0 aromatic carbocycles. The van der Waals surface area contributed by atoms with Gasteiger partial charge in [0, 0.05) is 44.8 Å². The molecule has 2 aromatic heterocycles. The maximum Gasteiger partial charge on any atom is 0.247 e. The molecule has 1 saturated carbocycles. The number of pyridine rings is 2. The van der Waals surface area contributed by atoms with E-state index in [0.717, 1.165) is 24.1 Å². The molecule has 0 radical (unpaired) electrons. The molecule has 2 aliphatic rings. The second kappa shape index (κ2) is 7.90. The molecule has 1 aliphatic carbocycles. The summed E-state index contributed by atoms with van der Waals surface area (Å²) in [5.74, 6) is 1.23. The lowest BCUT2D eigenvalue weighted by molar-refractivity contribution is -0.133. The molecule has 0 bridgehead atoms. The van der Waals surface area contributed by atoms with Crippen molar-refractivity contribution >= 4 is 29.1 Å². The van der Waals surface area contributed by atoms with Gasteiger partial charge in [0.1, 0.15) is 17.1 Å². The van der Waals surface area contributed by atoms with Gasteiger partial charge >= 0.3 is 0 Å². The molecule has 166 valence electrons. The monoisotopic (exact) mass is 432 g/mol. The van der Waals surface area contributed by atoms with Crippen molar-refractivity contribution in [2.75, 3.05) is 30.9 Å². The number of nitrogens with zero attached hydrogens (tertiary/aromatic N) is 5. The summed E-state index contributed by atoms with van der Waals surface area (Å²) in [7, 11) is 3.48. The molecule has 1 N–H and O–H groups in total. The molecule has 2 fully saturated rings. The summed E-state index contributed by atoms with van der Waals surface area (Å²) in [6, 6.07) is 9.59. The van der Waals surface area contributed by atoms with Gasteiger partial charge in [-0.15, -0.1) is 0 Å². The minimum atomic E-state index is -0.870. The Balaban J connectivity index is 1.50. The van der Waals surface area contributed by atoms with Crippen LogP contribution in [0, 0.1) is 22.7 Å². The largest absolute Gasteiger partial charge is 0.348 e. The van der Waals surface area contributed by atoms with Gasteiger partial charge in [-0.05, 0) is 56.7 Å². The van der Waals surface area contributed by atoms with E-state index in [1.807, 2.05) is 26.0 Å². The third-order valence-electron chi connectivity index (χ3n) is 6.57. The van der Waals surface area contributed by atoms with Gasteiger partial charge in [-0.3, -0.25) is 9.59 Å². The summed E-state index contributed by atoms with van der Waals surface area (Å²) in [4.78, 5) is 37.6. The number of amides is 2. The topological polar surface area (TPSA) is 102 Å². The van der Waals surface area contributed by atoms with Gasteiger partial charge in [0.2, 0.25) is 11.8 Å². The van der Waals surface area contributed by atoms with Gasteiger partial charge in [0.25, 0.3) is 0 Å². The zero-order chi connectivity index (χ0) is 23.1. The highest BCUT2D eigenvalue weighted by Gasteiger charge is 2.56. The van der Waals surface area contributed by atoms with Crippen LogP contribution in [0.5, 0.6) is 0 Å². The van der Waals surface area contributed by atoms with E-state index >= 15 is 0 Å². The van der Waals surface area contributed by atoms with Crippen LogP contribution in [-0.2, 0) is 15.0 Å². The molecular formula is C24H28N6O2. The molecule has 0 spiro atoms. The first kappa shape index (κ1) is 21.8. The van der Waals surface area contributed by atoms with Crippen molar-refractivity contribution in [3.8, 4) is 6.07 Å². The standard InChI is InChI=1S/C24H28N6O2/c1-23(2,21(31)29(3)4)17-7-8-19(27-14-17)28-20-13-18(9-11-26-20)30-12-10-24(15-25,22(30)32)16-5-6-16/h7-9,11,13-14,16H,5-6,10,12H2,1-4H3,(H,26,27,28)/t24-/m1/s1. The highest BCUT2D eigenvalue weighted by Crippen LogP contribution is 2.51. The minimum Gasteiger partial charge on any atom is -0.348 e. The Labute approximate surface area is 188 Å². The normalized spacial score (nSPS) is 20.7. The van der Waals surface area contributed by atoms with Gasteiger partial charge in [-0.2, -0.15) is 5.26 Å². The SMILES string of the molecule is CN(C)C(=O)C(C)(C)c1ccc(Nc2cc(N3CC[C@@](C#N)(C4CC4)C3=O)ccn2)nc1. The second-order valence-corrected chi connectivity index (χ2v) is 9.35. The number of hydrogen-bond donors (Lipinski definition) is 1. The Hall–Kier alpha value is -3.47. The zero-order valence-corrected chi connectivity index (χ0v) is 18.9. The highest BCUT2D eigenvalue weighted by molar-refractivity contribution is 6.02. The van der Waals surface area contributed by atoms with Crippen LogP contribution in [0.1, 0.15) is 38.7 Å². The van der Waals surface area contributed by atoms with Crippen molar-refractivity contribution < 1.29 is 9.59 Å². The molecule has 1 saturated heterocycles. The smallest absolute Gasteiger partial charge is 0.247 e. The van der Waals surface area contributed by atoms with Crippen LogP contribution in [0.3, 0.4) is 0 Å². The molecule has 1 atom stereocenters.